The first-order chi connectivity index (χ1) is 6.88. The number of nitrogens with one attached hydrogen (secondary N) is 1. The molecule has 0 aliphatic rings. The minimum atomic E-state index is 0.600. The molecule has 0 amide bonds. The second-order valence-corrected chi connectivity index (χ2v) is 3.32. The van der Waals surface area contributed by atoms with Crippen molar-refractivity contribution in [1.29, 1.82) is 0 Å². The van der Waals surface area contributed by atoms with Crippen LogP contribution in [0.25, 0.3) is 0 Å². The minimum Gasteiger partial charge on any atom is -0.374 e. The molecule has 0 radical (unpaired) electrons. The summed E-state index contributed by atoms with van der Waals surface area (Å²) >= 11 is 0. The molecule has 1 aromatic carbocycles. The van der Waals surface area contributed by atoms with E-state index in [1.807, 2.05) is 6.07 Å². The molecule has 1 N–H and O–H groups in total. The summed E-state index contributed by atoms with van der Waals surface area (Å²) < 4.78 is 0. The Morgan fingerprint density at radius 1 is 1.36 bits per heavy atom. The van der Waals surface area contributed by atoms with Gasteiger partial charge in [-0.3, -0.25) is 0 Å². The topological polar surface area (TPSA) is 12.0 Å². The van der Waals surface area contributed by atoms with E-state index in [2.05, 4.69) is 36.4 Å². The van der Waals surface area contributed by atoms with Crippen molar-refractivity contribution in [3.05, 3.63) is 29.8 Å². The van der Waals surface area contributed by atoms with E-state index >= 15 is 0 Å². The van der Waals surface area contributed by atoms with Gasteiger partial charge in [0.15, 0.2) is 0 Å². The van der Waals surface area contributed by atoms with Crippen LogP contribution in [0.3, 0.4) is 0 Å². The first kappa shape index (κ1) is 10.7. The maximum atomic E-state index is 5.21. The molecule has 0 aliphatic heterocycles. The summed E-state index contributed by atoms with van der Waals surface area (Å²) in [5.74, 6) is 2.59. The van der Waals surface area contributed by atoms with Gasteiger partial charge in [-0.2, -0.15) is 0 Å². The van der Waals surface area contributed by atoms with Gasteiger partial charge in [-0.15, -0.1) is 6.42 Å². The van der Waals surface area contributed by atoms with Gasteiger partial charge >= 0.3 is 0 Å². The Morgan fingerprint density at radius 2 is 2.14 bits per heavy atom. The number of hydrogen-bond donors (Lipinski definition) is 1. The molecule has 14 heavy (non-hydrogen) atoms. The Hall–Kier alpha value is -1.42. The molecule has 0 bridgehead atoms. The molecule has 0 spiro atoms. The van der Waals surface area contributed by atoms with Gasteiger partial charge in [-0.25, -0.2) is 0 Å². The highest BCUT2D eigenvalue weighted by Gasteiger charge is 1.98. The summed E-state index contributed by atoms with van der Waals surface area (Å²) in [5, 5.41) is 3.24. The van der Waals surface area contributed by atoms with Gasteiger partial charge in [-0.1, -0.05) is 37.5 Å². The maximum absolute atomic E-state index is 5.21. The van der Waals surface area contributed by atoms with Gasteiger partial charge in [0.1, 0.15) is 0 Å². The third-order valence-corrected chi connectivity index (χ3v) is 2.20. The smallest absolute Gasteiger partial charge is 0.0763 e. The van der Waals surface area contributed by atoms with Crippen LogP contribution in [-0.2, 0) is 6.42 Å². The van der Waals surface area contributed by atoms with Gasteiger partial charge in [0, 0.05) is 5.69 Å². The minimum absolute atomic E-state index is 0.600. The van der Waals surface area contributed by atoms with Crippen LogP contribution < -0.4 is 5.32 Å². The summed E-state index contributed by atoms with van der Waals surface area (Å²) in [6, 6.07) is 8.36. The standard InChI is InChI=1S/C13H17N/c1-3-5-8-12-9-6-7-10-13(12)14-11-4-2/h2,6-7,9-10,14H,3,5,8,11H2,1H3. The van der Waals surface area contributed by atoms with Crippen molar-refractivity contribution in [3.63, 3.8) is 0 Å². The molecule has 0 heterocycles. The number of hydrogen-bond acceptors (Lipinski definition) is 1. The van der Waals surface area contributed by atoms with E-state index in [9.17, 15) is 0 Å². The number of anilines is 1. The first-order valence-corrected chi connectivity index (χ1v) is 5.13. The van der Waals surface area contributed by atoms with Crippen molar-refractivity contribution < 1.29 is 0 Å². The summed E-state index contributed by atoms with van der Waals surface area (Å²) in [4.78, 5) is 0. The second kappa shape index (κ2) is 6.10. The van der Waals surface area contributed by atoms with E-state index in [-0.39, 0.29) is 0 Å². The molecule has 1 rings (SSSR count). The monoisotopic (exact) mass is 187 g/mol. The molecule has 0 saturated carbocycles. The quantitative estimate of drug-likeness (QED) is 0.698. The lowest BCUT2D eigenvalue weighted by Crippen LogP contribution is -2.01. The molecule has 0 fully saturated rings. The highest BCUT2D eigenvalue weighted by molar-refractivity contribution is 5.51. The van der Waals surface area contributed by atoms with Crippen LogP contribution >= 0.6 is 0 Å². The summed E-state index contributed by atoms with van der Waals surface area (Å²) in [5.41, 5.74) is 2.54. The molecule has 1 aromatic rings. The maximum Gasteiger partial charge on any atom is 0.0763 e. The number of terminal acetylenes is 1. The van der Waals surface area contributed by atoms with Gasteiger partial charge in [0.05, 0.1) is 6.54 Å². The molecular formula is C13H17N. The van der Waals surface area contributed by atoms with Crippen LogP contribution in [-0.4, -0.2) is 6.54 Å². The van der Waals surface area contributed by atoms with E-state index in [1.54, 1.807) is 0 Å². The Bertz CT molecular complexity index is 309. The number of benzene rings is 1. The molecular weight excluding hydrogens is 170 g/mol. The molecule has 1 heteroatoms. The Morgan fingerprint density at radius 3 is 2.86 bits per heavy atom. The second-order valence-electron chi connectivity index (χ2n) is 3.32. The summed E-state index contributed by atoms with van der Waals surface area (Å²) in [6.45, 7) is 2.81. The van der Waals surface area contributed by atoms with Crippen LogP contribution in [0, 0.1) is 12.3 Å². The van der Waals surface area contributed by atoms with Crippen molar-refractivity contribution >= 4 is 5.69 Å². The lowest BCUT2D eigenvalue weighted by atomic mass is 10.1. The van der Waals surface area contributed by atoms with Crippen molar-refractivity contribution in [2.45, 2.75) is 26.2 Å². The van der Waals surface area contributed by atoms with E-state index in [0.29, 0.717) is 6.54 Å². The van der Waals surface area contributed by atoms with Crippen LogP contribution in [0.15, 0.2) is 24.3 Å². The largest absolute Gasteiger partial charge is 0.374 e. The third kappa shape index (κ3) is 3.14. The zero-order valence-electron chi connectivity index (χ0n) is 8.72. The summed E-state index contributed by atoms with van der Waals surface area (Å²) in [7, 11) is 0. The Labute approximate surface area is 86.5 Å². The predicted octanol–water partition coefficient (Wildman–Crippen LogP) is 3.07. The van der Waals surface area contributed by atoms with E-state index in [1.165, 1.54) is 24.1 Å². The highest BCUT2D eigenvalue weighted by atomic mass is 14.9. The van der Waals surface area contributed by atoms with E-state index < -0.39 is 0 Å². The third-order valence-electron chi connectivity index (χ3n) is 2.20. The number of rotatable bonds is 5. The average molecular weight is 187 g/mol. The first-order valence-electron chi connectivity index (χ1n) is 5.13. The molecule has 0 atom stereocenters. The molecule has 0 aromatic heterocycles. The predicted molar refractivity (Wildman–Crippen MR) is 62.4 cm³/mol. The van der Waals surface area contributed by atoms with Crippen LogP contribution in [0.2, 0.25) is 0 Å². The normalized spacial score (nSPS) is 9.43. The van der Waals surface area contributed by atoms with Crippen LogP contribution in [0.4, 0.5) is 5.69 Å². The average Bonchev–Trinajstić information content (AvgIpc) is 2.24. The van der Waals surface area contributed by atoms with Crippen molar-refractivity contribution in [2.75, 3.05) is 11.9 Å². The zero-order valence-corrected chi connectivity index (χ0v) is 8.72. The van der Waals surface area contributed by atoms with Gasteiger partial charge < -0.3 is 5.32 Å². The fraction of sp³-hybridized carbons (Fsp3) is 0.385. The van der Waals surface area contributed by atoms with Gasteiger partial charge in [0.2, 0.25) is 0 Å². The summed E-state index contributed by atoms with van der Waals surface area (Å²) in [6.07, 6.45) is 8.80. The van der Waals surface area contributed by atoms with E-state index in [4.69, 9.17) is 6.42 Å². The van der Waals surface area contributed by atoms with Gasteiger partial charge in [-0.05, 0) is 24.5 Å². The number of unbranched alkanes of at least 4 members (excludes halogenated alkanes) is 1. The molecule has 0 aliphatic carbocycles. The fourth-order valence-electron chi connectivity index (χ4n) is 1.42. The molecule has 0 saturated heterocycles. The Balaban J connectivity index is 2.65. The molecule has 0 unspecified atom stereocenters. The fourth-order valence-corrected chi connectivity index (χ4v) is 1.42. The number of para-hydroxylation sites is 1. The van der Waals surface area contributed by atoms with Crippen molar-refractivity contribution in [2.24, 2.45) is 0 Å². The van der Waals surface area contributed by atoms with Crippen molar-refractivity contribution in [1.82, 2.24) is 0 Å². The lowest BCUT2D eigenvalue weighted by molar-refractivity contribution is 0.796. The lowest BCUT2D eigenvalue weighted by Gasteiger charge is -2.09. The Kier molecular flexibility index (Phi) is 4.64. The highest BCUT2D eigenvalue weighted by Crippen LogP contribution is 2.16. The number of aryl methyl sites for hydroxylation is 1. The van der Waals surface area contributed by atoms with Crippen LogP contribution in [0.1, 0.15) is 25.3 Å². The van der Waals surface area contributed by atoms with Gasteiger partial charge in [0.25, 0.3) is 0 Å². The molecule has 74 valence electrons. The van der Waals surface area contributed by atoms with Crippen LogP contribution in [0.5, 0.6) is 0 Å². The zero-order chi connectivity index (χ0) is 10.2. The SMILES string of the molecule is C#CCNc1ccccc1CCCC. The van der Waals surface area contributed by atoms with E-state index in [0.717, 1.165) is 6.42 Å². The molecule has 1 nitrogen and oxygen atoms in total. The van der Waals surface area contributed by atoms with Crippen molar-refractivity contribution in [3.8, 4) is 12.3 Å².